The first-order chi connectivity index (χ1) is 5.65. The molecule has 0 heterocycles. The zero-order valence-electron chi connectivity index (χ0n) is 7.13. The van der Waals surface area contributed by atoms with E-state index in [0.29, 0.717) is 10.8 Å². The molecule has 0 bridgehead atoms. The van der Waals surface area contributed by atoms with Crippen molar-refractivity contribution in [3.05, 3.63) is 28.8 Å². The van der Waals surface area contributed by atoms with E-state index in [1.807, 2.05) is 26.0 Å². The second-order valence-electron chi connectivity index (χ2n) is 2.55. The first-order valence-electron chi connectivity index (χ1n) is 3.79. The van der Waals surface area contributed by atoms with Gasteiger partial charge in [0.05, 0.1) is 0 Å². The van der Waals surface area contributed by atoms with E-state index in [-0.39, 0.29) is 0 Å². The topological polar surface area (TPSA) is 23.1 Å². The average molecular weight is 203 g/mol. The molecule has 1 aromatic rings. The Hall–Kier alpha value is -0.180. The van der Waals surface area contributed by atoms with Crippen molar-refractivity contribution in [3.8, 4) is 0 Å². The second-order valence-corrected chi connectivity index (χ2v) is 4.69. The number of aryl methyl sites for hydroxylation is 1. The second kappa shape index (κ2) is 4.17. The summed E-state index contributed by atoms with van der Waals surface area (Å²) in [6.45, 7) is 3.82. The molecule has 1 atom stereocenters. The Morgan fingerprint density at radius 3 is 2.67 bits per heavy atom. The van der Waals surface area contributed by atoms with E-state index in [0.717, 1.165) is 10.5 Å². The number of halogens is 1. The van der Waals surface area contributed by atoms with E-state index in [1.165, 1.54) is 0 Å². The monoisotopic (exact) mass is 202 g/mol. The van der Waals surface area contributed by atoms with Gasteiger partial charge in [0.1, 0.15) is 5.75 Å². The van der Waals surface area contributed by atoms with Crippen molar-refractivity contribution in [1.29, 1.82) is 0 Å². The van der Waals surface area contributed by atoms with E-state index < -0.39 is 11.2 Å². The average Bonchev–Trinajstić information content (AvgIpc) is 2.08. The van der Waals surface area contributed by atoms with Gasteiger partial charge >= 0.3 is 0 Å². The summed E-state index contributed by atoms with van der Waals surface area (Å²) in [4.78, 5) is 0.813. The normalized spacial score (nSPS) is 13.0. The molecule has 0 fully saturated rings. The summed E-state index contributed by atoms with van der Waals surface area (Å²) in [5.41, 5.74) is 1.02. The highest BCUT2D eigenvalue weighted by Gasteiger charge is 2.08. The molecular formula is C9H11ClOS. The number of hydrogen-bond acceptors (Lipinski definition) is 1. The fourth-order valence-electron chi connectivity index (χ4n) is 0.882. The summed E-state index contributed by atoms with van der Waals surface area (Å²) >= 11 is 4.99. The predicted molar refractivity (Wildman–Crippen MR) is 53.1 cm³/mol. The van der Waals surface area contributed by atoms with Gasteiger partial charge in [0.15, 0.2) is 4.90 Å². The third-order valence-corrected chi connectivity index (χ3v) is 3.38. The molecule has 0 spiro atoms. The molecule has 1 unspecified atom stereocenters. The van der Waals surface area contributed by atoms with Gasteiger partial charge in [-0.05, 0) is 36.7 Å². The Balaban J connectivity index is 2.96. The zero-order valence-corrected chi connectivity index (χ0v) is 8.71. The summed E-state index contributed by atoms with van der Waals surface area (Å²) < 4.78 is 11.3. The van der Waals surface area contributed by atoms with Crippen molar-refractivity contribution in [2.75, 3.05) is 5.75 Å². The molecule has 0 radical (unpaired) electrons. The van der Waals surface area contributed by atoms with Gasteiger partial charge in [-0.25, -0.2) is 0 Å². The summed E-state index contributed by atoms with van der Waals surface area (Å²) in [5, 5.41) is 0.689. The highest BCUT2D eigenvalue weighted by Crippen LogP contribution is 2.20. The summed E-state index contributed by atoms with van der Waals surface area (Å²) in [7, 11) is 0. The van der Waals surface area contributed by atoms with Gasteiger partial charge in [-0.1, -0.05) is 17.7 Å². The van der Waals surface area contributed by atoms with Crippen LogP contribution in [0.15, 0.2) is 23.1 Å². The maximum atomic E-state index is 11.3. The van der Waals surface area contributed by atoms with Crippen LogP contribution in [0.1, 0.15) is 12.5 Å². The Morgan fingerprint density at radius 2 is 2.17 bits per heavy atom. The fraction of sp³-hybridized carbons (Fsp3) is 0.333. The van der Waals surface area contributed by atoms with E-state index in [4.69, 9.17) is 11.6 Å². The minimum atomic E-state index is -0.893. The summed E-state index contributed by atoms with van der Waals surface area (Å²) in [5.74, 6) is 0.638. The number of rotatable bonds is 2. The van der Waals surface area contributed by atoms with E-state index >= 15 is 0 Å². The quantitative estimate of drug-likeness (QED) is 0.677. The fourth-order valence-corrected chi connectivity index (χ4v) is 1.93. The largest absolute Gasteiger partial charge is 0.611 e. The Kier molecular flexibility index (Phi) is 3.44. The molecule has 0 amide bonds. The lowest BCUT2D eigenvalue weighted by Crippen LogP contribution is -2.03. The first kappa shape index (κ1) is 9.90. The van der Waals surface area contributed by atoms with Crippen molar-refractivity contribution in [2.24, 2.45) is 0 Å². The van der Waals surface area contributed by atoms with Crippen LogP contribution in [-0.4, -0.2) is 10.3 Å². The molecule has 66 valence electrons. The molecule has 1 aromatic carbocycles. The molecule has 0 aliphatic carbocycles. The van der Waals surface area contributed by atoms with E-state index in [2.05, 4.69) is 0 Å². The first-order valence-corrected chi connectivity index (χ1v) is 5.49. The molecule has 0 saturated carbocycles. The highest BCUT2D eigenvalue weighted by molar-refractivity contribution is 7.91. The van der Waals surface area contributed by atoms with Crippen molar-refractivity contribution < 1.29 is 4.55 Å². The van der Waals surface area contributed by atoms with Crippen LogP contribution in [0.4, 0.5) is 0 Å². The minimum absolute atomic E-state index is 0.638. The van der Waals surface area contributed by atoms with Crippen molar-refractivity contribution >= 4 is 22.8 Å². The predicted octanol–water partition coefficient (Wildman–Crippen LogP) is 2.78. The molecule has 0 aromatic heterocycles. The maximum absolute atomic E-state index is 11.3. The molecular weight excluding hydrogens is 192 g/mol. The van der Waals surface area contributed by atoms with Crippen molar-refractivity contribution in [1.82, 2.24) is 0 Å². The van der Waals surface area contributed by atoms with Gasteiger partial charge < -0.3 is 4.55 Å². The highest BCUT2D eigenvalue weighted by atomic mass is 35.5. The molecule has 0 aliphatic heterocycles. The van der Waals surface area contributed by atoms with E-state index in [1.54, 1.807) is 6.07 Å². The van der Waals surface area contributed by atoms with Gasteiger partial charge in [0.25, 0.3) is 0 Å². The summed E-state index contributed by atoms with van der Waals surface area (Å²) in [6, 6.07) is 5.53. The van der Waals surface area contributed by atoms with Gasteiger partial charge in [-0.3, -0.25) is 0 Å². The van der Waals surface area contributed by atoms with Crippen LogP contribution in [0.2, 0.25) is 5.02 Å². The van der Waals surface area contributed by atoms with Gasteiger partial charge in [-0.15, -0.1) is 0 Å². The molecule has 0 aliphatic rings. The Bertz CT molecular complexity index is 275. The van der Waals surface area contributed by atoms with Crippen LogP contribution >= 0.6 is 11.6 Å². The Labute approximate surface area is 80.9 Å². The smallest absolute Gasteiger partial charge is 0.154 e. The SMILES string of the molecule is CC[S+]([O-])c1ccc(C)c(Cl)c1. The molecule has 3 heteroatoms. The Morgan fingerprint density at radius 1 is 1.50 bits per heavy atom. The van der Waals surface area contributed by atoms with Crippen LogP contribution in [0.3, 0.4) is 0 Å². The molecule has 12 heavy (non-hydrogen) atoms. The molecule has 0 saturated heterocycles. The lowest BCUT2D eigenvalue weighted by atomic mass is 10.2. The van der Waals surface area contributed by atoms with Crippen LogP contribution in [0.25, 0.3) is 0 Å². The van der Waals surface area contributed by atoms with Crippen LogP contribution in [0.5, 0.6) is 0 Å². The third-order valence-electron chi connectivity index (χ3n) is 1.67. The standard InChI is InChI=1S/C9H11ClOS/c1-3-12(11)8-5-4-7(2)9(10)6-8/h4-6H,3H2,1-2H3. The molecule has 0 N–H and O–H groups in total. The molecule has 1 nitrogen and oxygen atoms in total. The van der Waals surface area contributed by atoms with Crippen LogP contribution in [-0.2, 0) is 11.2 Å². The zero-order chi connectivity index (χ0) is 9.14. The molecule has 1 rings (SSSR count). The third kappa shape index (κ3) is 2.16. The lowest BCUT2D eigenvalue weighted by Gasteiger charge is -2.08. The maximum Gasteiger partial charge on any atom is 0.154 e. The van der Waals surface area contributed by atoms with Crippen LogP contribution in [0, 0.1) is 6.92 Å². The van der Waals surface area contributed by atoms with Crippen molar-refractivity contribution in [3.63, 3.8) is 0 Å². The van der Waals surface area contributed by atoms with Gasteiger partial charge in [0, 0.05) is 11.1 Å². The lowest BCUT2D eigenvalue weighted by molar-refractivity contribution is 0.596. The summed E-state index contributed by atoms with van der Waals surface area (Å²) in [6.07, 6.45) is 0. The minimum Gasteiger partial charge on any atom is -0.611 e. The van der Waals surface area contributed by atoms with E-state index in [9.17, 15) is 4.55 Å². The number of hydrogen-bond donors (Lipinski definition) is 0. The van der Waals surface area contributed by atoms with Gasteiger partial charge in [-0.2, -0.15) is 0 Å². The van der Waals surface area contributed by atoms with Crippen LogP contribution < -0.4 is 0 Å². The van der Waals surface area contributed by atoms with Crippen molar-refractivity contribution in [2.45, 2.75) is 18.7 Å². The number of benzene rings is 1. The van der Waals surface area contributed by atoms with Gasteiger partial charge in [0.2, 0.25) is 0 Å².